The molecule has 0 aliphatic rings. The molecular formula is C10H11NO2. The fourth-order valence-corrected chi connectivity index (χ4v) is 0.986. The molecule has 0 saturated carbocycles. The number of benzene rings is 1. The maximum Gasteiger partial charge on any atom is 0.187 e. The van der Waals surface area contributed by atoms with Crippen LogP contribution < -0.4 is 0 Å². The Bertz CT molecular complexity index is 322. The van der Waals surface area contributed by atoms with Gasteiger partial charge in [0.2, 0.25) is 0 Å². The van der Waals surface area contributed by atoms with E-state index >= 15 is 0 Å². The van der Waals surface area contributed by atoms with Crippen molar-refractivity contribution in [2.24, 2.45) is 0 Å². The minimum Gasteiger partial charge on any atom is -0.393 e. The fraction of sp³-hybridized carbons (Fsp3) is 0.300. The van der Waals surface area contributed by atoms with Crippen LogP contribution in [0.25, 0.3) is 4.85 Å². The molecule has 0 spiro atoms. The third-order valence-electron chi connectivity index (χ3n) is 1.93. The van der Waals surface area contributed by atoms with Gasteiger partial charge in [0.25, 0.3) is 0 Å². The molecule has 0 unspecified atom stereocenters. The van der Waals surface area contributed by atoms with Crippen LogP contribution in [-0.2, 0) is 5.60 Å². The lowest BCUT2D eigenvalue weighted by Crippen LogP contribution is -2.25. The predicted octanol–water partition coefficient (Wildman–Crippen LogP) is 1.44. The molecule has 0 aromatic heterocycles. The first-order valence-corrected chi connectivity index (χ1v) is 3.91. The smallest absolute Gasteiger partial charge is 0.187 e. The number of aliphatic hydroxyl groups excluding tert-OH is 1. The summed E-state index contributed by atoms with van der Waals surface area (Å²) in [5.41, 5.74) is -0.0829. The zero-order chi connectivity index (χ0) is 9.90. The highest BCUT2D eigenvalue weighted by Crippen LogP contribution is 2.22. The van der Waals surface area contributed by atoms with Gasteiger partial charge in [-0.1, -0.05) is 24.3 Å². The molecule has 1 aromatic carbocycles. The van der Waals surface area contributed by atoms with Crippen molar-refractivity contribution in [3.05, 3.63) is 41.2 Å². The lowest BCUT2D eigenvalue weighted by molar-refractivity contribution is -0.00226. The van der Waals surface area contributed by atoms with Crippen LogP contribution in [0.2, 0.25) is 0 Å². The monoisotopic (exact) mass is 177 g/mol. The van der Waals surface area contributed by atoms with Crippen LogP contribution in [0.5, 0.6) is 0 Å². The van der Waals surface area contributed by atoms with Crippen LogP contribution in [0.15, 0.2) is 24.3 Å². The van der Waals surface area contributed by atoms with E-state index in [0.29, 0.717) is 11.3 Å². The molecule has 0 bridgehead atoms. The lowest BCUT2D eigenvalue weighted by atomic mass is 9.97. The zero-order valence-corrected chi connectivity index (χ0v) is 7.36. The molecule has 1 aromatic rings. The molecule has 0 amide bonds. The third kappa shape index (κ3) is 2.05. The van der Waals surface area contributed by atoms with Gasteiger partial charge in [-0.05, 0) is 12.5 Å². The van der Waals surface area contributed by atoms with E-state index in [0.717, 1.165) is 0 Å². The van der Waals surface area contributed by atoms with Gasteiger partial charge in [0.15, 0.2) is 5.69 Å². The fourth-order valence-electron chi connectivity index (χ4n) is 0.986. The van der Waals surface area contributed by atoms with E-state index in [1.165, 1.54) is 6.92 Å². The Labute approximate surface area is 77.1 Å². The van der Waals surface area contributed by atoms with Crippen molar-refractivity contribution in [1.82, 2.24) is 0 Å². The molecule has 0 aliphatic heterocycles. The Balaban J connectivity index is 3.00. The molecule has 3 nitrogen and oxygen atoms in total. The van der Waals surface area contributed by atoms with Crippen LogP contribution in [0.3, 0.4) is 0 Å². The second-order valence-corrected chi connectivity index (χ2v) is 3.09. The Morgan fingerprint density at radius 2 is 1.92 bits per heavy atom. The van der Waals surface area contributed by atoms with Crippen LogP contribution in [0, 0.1) is 6.57 Å². The Morgan fingerprint density at radius 1 is 1.38 bits per heavy atom. The predicted molar refractivity (Wildman–Crippen MR) is 49.4 cm³/mol. The molecule has 2 N–H and O–H groups in total. The lowest BCUT2D eigenvalue weighted by Gasteiger charge is -2.20. The van der Waals surface area contributed by atoms with E-state index in [-0.39, 0.29) is 6.61 Å². The van der Waals surface area contributed by atoms with E-state index < -0.39 is 5.60 Å². The first kappa shape index (κ1) is 9.72. The zero-order valence-electron chi connectivity index (χ0n) is 7.36. The van der Waals surface area contributed by atoms with Gasteiger partial charge < -0.3 is 10.2 Å². The molecular weight excluding hydrogens is 166 g/mol. The largest absolute Gasteiger partial charge is 0.393 e. The summed E-state index contributed by atoms with van der Waals surface area (Å²) in [5.74, 6) is 0. The summed E-state index contributed by atoms with van der Waals surface area (Å²) >= 11 is 0. The Hall–Kier alpha value is -1.37. The van der Waals surface area contributed by atoms with Crippen molar-refractivity contribution >= 4 is 5.69 Å². The molecule has 0 aliphatic carbocycles. The van der Waals surface area contributed by atoms with Gasteiger partial charge in [0, 0.05) is 0 Å². The average Bonchev–Trinajstić information content (AvgIpc) is 2.18. The topological polar surface area (TPSA) is 44.8 Å². The second kappa shape index (κ2) is 3.56. The van der Waals surface area contributed by atoms with Gasteiger partial charge in [-0.15, -0.1) is 0 Å². The number of rotatable bonds is 2. The van der Waals surface area contributed by atoms with Gasteiger partial charge in [0.1, 0.15) is 5.60 Å². The standard InChI is InChI=1S/C10H11NO2/c1-10(13,7-12)8-3-5-9(11-2)6-4-8/h3-6,12-13H,7H2,1H3/t10-/m0/s1. The molecule has 1 rings (SSSR count). The van der Waals surface area contributed by atoms with Crippen molar-refractivity contribution in [3.8, 4) is 0 Å². The maximum atomic E-state index is 9.63. The summed E-state index contributed by atoms with van der Waals surface area (Å²) in [5, 5.41) is 18.5. The molecule has 0 saturated heterocycles. The Kier molecular flexibility index (Phi) is 2.66. The normalized spacial score (nSPS) is 14.6. The summed E-state index contributed by atoms with van der Waals surface area (Å²) < 4.78 is 0. The molecule has 3 heteroatoms. The van der Waals surface area contributed by atoms with Crippen molar-refractivity contribution in [1.29, 1.82) is 0 Å². The van der Waals surface area contributed by atoms with E-state index in [4.69, 9.17) is 11.7 Å². The number of hydrogen-bond donors (Lipinski definition) is 2. The minimum absolute atomic E-state index is 0.329. The quantitative estimate of drug-likeness (QED) is 0.671. The van der Waals surface area contributed by atoms with Crippen LogP contribution in [-0.4, -0.2) is 16.8 Å². The van der Waals surface area contributed by atoms with Crippen LogP contribution in [0.1, 0.15) is 12.5 Å². The van der Waals surface area contributed by atoms with Gasteiger partial charge in [-0.25, -0.2) is 4.85 Å². The van der Waals surface area contributed by atoms with E-state index in [1.807, 2.05) is 0 Å². The summed E-state index contributed by atoms with van der Waals surface area (Å²) in [7, 11) is 0. The number of aliphatic hydroxyl groups is 2. The highest BCUT2D eigenvalue weighted by molar-refractivity contribution is 5.46. The molecule has 68 valence electrons. The Morgan fingerprint density at radius 3 is 2.31 bits per heavy atom. The first-order chi connectivity index (χ1) is 6.10. The van der Waals surface area contributed by atoms with Gasteiger partial charge in [0.05, 0.1) is 13.2 Å². The SMILES string of the molecule is [C-]#[N+]c1ccc([C@@](C)(O)CO)cc1. The highest BCUT2D eigenvalue weighted by Gasteiger charge is 2.20. The maximum absolute atomic E-state index is 9.63. The van der Waals surface area contributed by atoms with E-state index in [9.17, 15) is 5.11 Å². The van der Waals surface area contributed by atoms with Crippen molar-refractivity contribution in [2.75, 3.05) is 6.61 Å². The van der Waals surface area contributed by atoms with Crippen LogP contribution >= 0.6 is 0 Å². The summed E-state index contributed by atoms with van der Waals surface area (Å²) in [6.45, 7) is 7.93. The molecule has 13 heavy (non-hydrogen) atoms. The molecule has 0 heterocycles. The van der Waals surface area contributed by atoms with E-state index in [1.54, 1.807) is 24.3 Å². The highest BCUT2D eigenvalue weighted by atomic mass is 16.3. The molecule has 1 atom stereocenters. The van der Waals surface area contributed by atoms with Gasteiger partial charge >= 0.3 is 0 Å². The van der Waals surface area contributed by atoms with Crippen LogP contribution in [0.4, 0.5) is 5.69 Å². The molecule has 0 fully saturated rings. The molecule has 0 radical (unpaired) electrons. The van der Waals surface area contributed by atoms with Crippen molar-refractivity contribution < 1.29 is 10.2 Å². The van der Waals surface area contributed by atoms with E-state index in [2.05, 4.69) is 4.85 Å². The number of nitrogens with zero attached hydrogens (tertiary/aromatic N) is 1. The van der Waals surface area contributed by atoms with Gasteiger partial charge in [-0.2, -0.15) is 0 Å². The van der Waals surface area contributed by atoms with Crippen molar-refractivity contribution in [2.45, 2.75) is 12.5 Å². The van der Waals surface area contributed by atoms with Gasteiger partial charge in [-0.3, -0.25) is 0 Å². The summed E-state index contributed by atoms with van der Waals surface area (Å²) in [6.07, 6.45) is 0. The first-order valence-electron chi connectivity index (χ1n) is 3.91. The van der Waals surface area contributed by atoms with Crippen molar-refractivity contribution in [3.63, 3.8) is 0 Å². The third-order valence-corrected chi connectivity index (χ3v) is 1.93. The second-order valence-electron chi connectivity index (χ2n) is 3.09. The summed E-state index contributed by atoms with van der Waals surface area (Å²) in [4.78, 5) is 3.23. The minimum atomic E-state index is -1.22. The number of hydrogen-bond acceptors (Lipinski definition) is 2. The summed E-state index contributed by atoms with van der Waals surface area (Å²) in [6, 6.07) is 6.52. The average molecular weight is 177 g/mol.